The smallest absolute Gasteiger partial charge is 0.342 e. The van der Waals surface area contributed by atoms with Crippen molar-refractivity contribution in [2.75, 3.05) is 5.32 Å². The zero-order valence-corrected chi connectivity index (χ0v) is 24.0. The number of amides is 1. The molecule has 5 aromatic rings. The molecule has 0 radical (unpaired) electrons. The number of esters is 1. The maximum absolute atomic E-state index is 13.7. The van der Waals surface area contributed by atoms with E-state index in [9.17, 15) is 9.59 Å². The Labute approximate surface area is 240 Å². The Kier molecular flexibility index (Phi) is 7.75. The summed E-state index contributed by atoms with van der Waals surface area (Å²) in [4.78, 5) is 27.5. The molecule has 0 atom stereocenters. The molecule has 0 saturated heterocycles. The van der Waals surface area contributed by atoms with Gasteiger partial charge in [-0.05, 0) is 56.2 Å². The average Bonchev–Trinajstić information content (AvgIpc) is 3.49. The lowest BCUT2D eigenvalue weighted by atomic mass is 10.0. The lowest BCUT2D eigenvalue weighted by molar-refractivity contribution is 0.00721. The summed E-state index contributed by atoms with van der Waals surface area (Å²) < 4.78 is 12.9. The summed E-state index contributed by atoms with van der Waals surface area (Å²) in [7, 11) is 0. The first kappa shape index (κ1) is 26.9. The van der Waals surface area contributed by atoms with E-state index in [1.165, 1.54) is 22.7 Å². The highest BCUT2D eigenvalue weighted by Crippen LogP contribution is 2.41. The molecule has 0 bridgehead atoms. The molecule has 1 amide bonds. The van der Waals surface area contributed by atoms with Crippen LogP contribution in [0.5, 0.6) is 5.75 Å². The molecule has 0 aliphatic rings. The highest BCUT2D eigenvalue weighted by Gasteiger charge is 2.28. The lowest BCUT2D eigenvalue weighted by Crippen LogP contribution is -2.25. The second-order valence-electron chi connectivity index (χ2n) is 9.85. The fraction of sp³-hybridized carbons (Fsp3) is 0.161. The van der Waals surface area contributed by atoms with Crippen LogP contribution in [0.1, 0.15) is 46.4 Å². The first-order valence-electron chi connectivity index (χ1n) is 12.3. The lowest BCUT2D eigenvalue weighted by Gasteiger charge is -2.20. The summed E-state index contributed by atoms with van der Waals surface area (Å²) in [6.45, 7) is 5.76. The van der Waals surface area contributed by atoms with Crippen molar-refractivity contribution < 1.29 is 19.1 Å². The molecule has 0 fully saturated rings. The number of fused-ring (bicyclic) bond motifs is 1. The van der Waals surface area contributed by atoms with Gasteiger partial charge < -0.3 is 14.8 Å². The first-order chi connectivity index (χ1) is 18.7. The summed E-state index contributed by atoms with van der Waals surface area (Å²) in [5.74, 6) is -0.347. The van der Waals surface area contributed by atoms with Crippen molar-refractivity contribution in [1.82, 2.24) is 0 Å². The van der Waals surface area contributed by atoms with Crippen molar-refractivity contribution in [3.05, 3.63) is 105 Å². The highest BCUT2D eigenvalue weighted by atomic mass is 35.5. The van der Waals surface area contributed by atoms with Crippen LogP contribution in [0.3, 0.4) is 0 Å². The molecule has 2 heterocycles. The molecule has 2 aromatic heterocycles. The van der Waals surface area contributed by atoms with Gasteiger partial charge in [0, 0.05) is 26.1 Å². The topological polar surface area (TPSA) is 64.6 Å². The van der Waals surface area contributed by atoms with Crippen molar-refractivity contribution in [1.29, 1.82) is 0 Å². The van der Waals surface area contributed by atoms with Gasteiger partial charge in [0.15, 0.2) is 5.75 Å². The number of nitrogens with one attached hydrogen (secondary N) is 1. The van der Waals surface area contributed by atoms with E-state index in [-0.39, 0.29) is 5.91 Å². The Morgan fingerprint density at radius 1 is 0.923 bits per heavy atom. The standard InChI is InChI=1S/C31H26ClNO4S2/c1-31(2,3)37-30(35)25-23(20-13-15-21(32)16-14-20)18-38-29(25)33-28(34)27-26(22-11-7-8-12-24(22)39-27)36-17-19-9-5-4-6-10-19/h4-16,18H,17H2,1-3H3,(H,33,34). The number of ether oxygens (including phenoxy) is 2. The maximum atomic E-state index is 13.7. The summed E-state index contributed by atoms with van der Waals surface area (Å²) in [5.41, 5.74) is 2.06. The summed E-state index contributed by atoms with van der Waals surface area (Å²) in [6, 6.07) is 24.8. The van der Waals surface area contributed by atoms with Crippen LogP contribution in [-0.4, -0.2) is 17.5 Å². The minimum Gasteiger partial charge on any atom is -0.487 e. The number of benzene rings is 3. The zero-order chi connectivity index (χ0) is 27.6. The molecule has 0 saturated carbocycles. The van der Waals surface area contributed by atoms with Crippen LogP contribution < -0.4 is 10.1 Å². The quantitative estimate of drug-likeness (QED) is 0.197. The number of thiophene rings is 2. The molecule has 0 unspecified atom stereocenters. The van der Waals surface area contributed by atoms with E-state index < -0.39 is 11.6 Å². The SMILES string of the molecule is CC(C)(C)OC(=O)c1c(-c2ccc(Cl)cc2)csc1NC(=O)c1sc2ccccc2c1OCc1ccccc1. The largest absolute Gasteiger partial charge is 0.487 e. The number of hydrogen-bond donors (Lipinski definition) is 1. The Morgan fingerprint density at radius 2 is 1.62 bits per heavy atom. The molecule has 8 heteroatoms. The first-order valence-corrected chi connectivity index (χ1v) is 14.4. The van der Waals surface area contributed by atoms with Gasteiger partial charge in [-0.15, -0.1) is 22.7 Å². The number of hydrogen-bond acceptors (Lipinski definition) is 6. The molecular weight excluding hydrogens is 550 g/mol. The van der Waals surface area contributed by atoms with E-state index in [1.54, 1.807) is 12.1 Å². The fourth-order valence-corrected chi connectivity index (χ4v) is 6.15. The van der Waals surface area contributed by atoms with Crippen LogP contribution in [0.15, 0.2) is 84.2 Å². The van der Waals surface area contributed by atoms with Gasteiger partial charge in [0.1, 0.15) is 27.6 Å². The van der Waals surface area contributed by atoms with Gasteiger partial charge >= 0.3 is 5.97 Å². The monoisotopic (exact) mass is 575 g/mol. The minimum absolute atomic E-state index is 0.304. The third-order valence-electron chi connectivity index (χ3n) is 5.76. The van der Waals surface area contributed by atoms with Crippen LogP contribution >= 0.6 is 34.3 Å². The molecule has 3 aromatic carbocycles. The Bertz CT molecular complexity index is 1630. The van der Waals surface area contributed by atoms with Crippen LogP contribution in [0.2, 0.25) is 5.02 Å². The Hall–Kier alpha value is -3.65. The van der Waals surface area contributed by atoms with Gasteiger partial charge in [0.05, 0.1) is 0 Å². The number of carbonyl (C=O) groups is 2. The Balaban J connectivity index is 1.51. The van der Waals surface area contributed by atoms with Gasteiger partial charge in [0.2, 0.25) is 0 Å². The minimum atomic E-state index is -0.707. The zero-order valence-electron chi connectivity index (χ0n) is 21.6. The number of carbonyl (C=O) groups excluding carboxylic acids is 2. The second-order valence-corrected chi connectivity index (χ2v) is 12.2. The summed E-state index contributed by atoms with van der Waals surface area (Å²) in [6.07, 6.45) is 0. The van der Waals surface area contributed by atoms with E-state index in [2.05, 4.69) is 5.32 Å². The van der Waals surface area contributed by atoms with Crippen molar-refractivity contribution in [3.8, 4) is 16.9 Å². The molecule has 0 aliphatic carbocycles. The molecule has 198 valence electrons. The third kappa shape index (κ3) is 6.17. The fourth-order valence-electron chi connectivity index (χ4n) is 4.03. The molecule has 1 N–H and O–H groups in total. The second kappa shape index (κ2) is 11.2. The van der Waals surface area contributed by atoms with Crippen LogP contribution in [-0.2, 0) is 11.3 Å². The van der Waals surface area contributed by atoms with E-state index in [1.807, 2.05) is 92.9 Å². The number of rotatable bonds is 7. The van der Waals surface area contributed by atoms with Crippen LogP contribution in [0.25, 0.3) is 21.2 Å². The van der Waals surface area contributed by atoms with Gasteiger partial charge in [0.25, 0.3) is 5.91 Å². The Morgan fingerprint density at radius 3 is 2.33 bits per heavy atom. The third-order valence-corrected chi connectivity index (χ3v) is 8.06. The van der Waals surface area contributed by atoms with Gasteiger partial charge in [-0.1, -0.05) is 66.2 Å². The molecule has 0 spiro atoms. The molecule has 5 rings (SSSR count). The van der Waals surface area contributed by atoms with Crippen LogP contribution in [0.4, 0.5) is 5.00 Å². The van der Waals surface area contributed by atoms with Crippen LogP contribution in [0, 0.1) is 0 Å². The normalized spacial score (nSPS) is 11.4. The molecular formula is C31H26ClNO4S2. The van der Waals surface area contributed by atoms with Crippen molar-refractivity contribution >= 4 is 61.2 Å². The maximum Gasteiger partial charge on any atom is 0.342 e. The van der Waals surface area contributed by atoms with Crippen molar-refractivity contribution in [2.24, 2.45) is 0 Å². The number of anilines is 1. The van der Waals surface area contributed by atoms with Gasteiger partial charge in [-0.2, -0.15) is 0 Å². The summed E-state index contributed by atoms with van der Waals surface area (Å²) in [5, 5.41) is 6.69. The molecule has 39 heavy (non-hydrogen) atoms. The van der Waals surface area contributed by atoms with Crippen molar-refractivity contribution in [2.45, 2.75) is 33.0 Å². The predicted octanol–water partition coefficient (Wildman–Crippen LogP) is 9.07. The highest BCUT2D eigenvalue weighted by molar-refractivity contribution is 7.21. The predicted molar refractivity (Wildman–Crippen MR) is 160 cm³/mol. The van der Waals surface area contributed by atoms with E-state index in [0.29, 0.717) is 38.4 Å². The average molecular weight is 576 g/mol. The van der Waals surface area contributed by atoms with Gasteiger partial charge in [-0.25, -0.2) is 4.79 Å². The van der Waals surface area contributed by atoms with E-state index in [4.69, 9.17) is 21.1 Å². The van der Waals surface area contributed by atoms with E-state index >= 15 is 0 Å². The van der Waals surface area contributed by atoms with E-state index in [0.717, 1.165) is 21.2 Å². The molecule has 0 aliphatic heterocycles. The number of halogens is 1. The summed E-state index contributed by atoms with van der Waals surface area (Å²) >= 11 is 8.71. The van der Waals surface area contributed by atoms with Crippen molar-refractivity contribution in [3.63, 3.8) is 0 Å². The molecule has 5 nitrogen and oxygen atoms in total. The van der Waals surface area contributed by atoms with Gasteiger partial charge in [-0.3, -0.25) is 4.79 Å².